The van der Waals surface area contributed by atoms with Gasteiger partial charge in [0, 0.05) is 11.8 Å². The summed E-state index contributed by atoms with van der Waals surface area (Å²) in [6, 6.07) is 2.76. The second-order valence-corrected chi connectivity index (χ2v) is 7.24. The highest BCUT2D eigenvalue weighted by molar-refractivity contribution is 5.96. The summed E-state index contributed by atoms with van der Waals surface area (Å²) in [5.41, 5.74) is 0.193. The lowest BCUT2D eigenvalue weighted by molar-refractivity contribution is 0.0596. The van der Waals surface area contributed by atoms with Gasteiger partial charge < -0.3 is 19.3 Å². The molecule has 1 amide bonds. The molecule has 0 bridgehead atoms. The Hall–Kier alpha value is -2.44. The molecule has 1 rings (SSSR count). The van der Waals surface area contributed by atoms with Crippen molar-refractivity contribution in [2.24, 2.45) is 0 Å². The monoisotopic (exact) mass is 423 g/mol. The number of benzene rings is 1. The number of rotatable bonds is 15. The number of aromatic hydroxyl groups is 1. The fraction of sp³-hybridized carbons (Fsp3) is 0.652. The van der Waals surface area contributed by atoms with Crippen molar-refractivity contribution in [3.05, 3.63) is 17.7 Å². The standard InChI is InChI=1S/C23H37NO6/c1-4-6-7-8-9-10-11-12-13-14-15-30-23(27)24-18-16-19(22(26)28-3)21(25)20(17-18)29-5-2/h16-17,25H,4-15H2,1-3H3,(H,24,27). The minimum atomic E-state index is -0.726. The first kappa shape index (κ1) is 25.6. The summed E-state index contributed by atoms with van der Waals surface area (Å²) in [7, 11) is 1.21. The zero-order chi connectivity index (χ0) is 22.2. The van der Waals surface area contributed by atoms with Crippen LogP contribution in [0.2, 0.25) is 0 Å². The molecule has 0 saturated carbocycles. The van der Waals surface area contributed by atoms with Crippen LogP contribution in [0.3, 0.4) is 0 Å². The Labute approximate surface area is 180 Å². The van der Waals surface area contributed by atoms with Gasteiger partial charge in [0.25, 0.3) is 0 Å². The molecule has 0 spiro atoms. The second-order valence-electron chi connectivity index (χ2n) is 7.24. The first-order valence-electron chi connectivity index (χ1n) is 11.0. The number of ether oxygens (including phenoxy) is 3. The summed E-state index contributed by atoms with van der Waals surface area (Å²) in [5.74, 6) is -0.964. The van der Waals surface area contributed by atoms with E-state index in [4.69, 9.17) is 9.47 Å². The molecule has 7 nitrogen and oxygen atoms in total. The van der Waals surface area contributed by atoms with E-state index in [2.05, 4.69) is 17.0 Å². The van der Waals surface area contributed by atoms with Crippen LogP contribution in [0.15, 0.2) is 12.1 Å². The van der Waals surface area contributed by atoms with Gasteiger partial charge in [-0.3, -0.25) is 5.32 Å². The van der Waals surface area contributed by atoms with E-state index in [1.165, 1.54) is 64.2 Å². The third-order valence-corrected chi connectivity index (χ3v) is 4.76. The van der Waals surface area contributed by atoms with Crippen molar-refractivity contribution >= 4 is 17.7 Å². The van der Waals surface area contributed by atoms with Crippen LogP contribution in [0.5, 0.6) is 11.5 Å². The van der Waals surface area contributed by atoms with Crippen molar-refractivity contribution in [1.82, 2.24) is 0 Å². The minimum Gasteiger partial charge on any atom is -0.504 e. The third-order valence-electron chi connectivity index (χ3n) is 4.76. The molecule has 0 aliphatic carbocycles. The van der Waals surface area contributed by atoms with Crippen molar-refractivity contribution in [3.8, 4) is 11.5 Å². The number of hydrogen-bond acceptors (Lipinski definition) is 6. The molecule has 0 aliphatic rings. The van der Waals surface area contributed by atoms with E-state index in [1.807, 2.05) is 0 Å². The molecule has 0 heterocycles. The van der Waals surface area contributed by atoms with Crippen molar-refractivity contribution in [1.29, 1.82) is 0 Å². The lowest BCUT2D eigenvalue weighted by atomic mass is 10.1. The Morgan fingerprint density at radius 2 is 1.53 bits per heavy atom. The van der Waals surface area contributed by atoms with E-state index in [1.54, 1.807) is 6.92 Å². The van der Waals surface area contributed by atoms with Gasteiger partial charge in [0.05, 0.1) is 20.3 Å². The lowest BCUT2D eigenvalue weighted by Gasteiger charge is -2.13. The number of carbonyl (C=O) groups is 2. The Morgan fingerprint density at radius 1 is 0.933 bits per heavy atom. The lowest BCUT2D eigenvalue weighted by Crippen LogP contribution is -2.15. The van der Waals surface area contributed by atoms with Gasteiger partial charge in [-0.05, 0) is 19.4 Å². The smallest absolute Gasteiger partial charge is 0.411 e. The maximum absolute atomic E-state index is 12.0. The molecule has 1 aromatic carbocycles. The van der Waals surface area contributed by atoms with Gasteiger partial charge in [-0.25, -0.2) is 9.59 Å². The van der Waals surface area contributed by atoms with E-state index >= 15 is 0 Å². The SMILES string of the molecule is CCCCCCCCCCCCOC(=O)Nc1cc(OCC)c(O)c(C(=O)OC)c1. The van der Waals surface area contributed by atoms with Crippen LogP contribution in [0.4, 0.5) is 10.5 Å². The van der Waals surface area contributed by atoms with Crippen LogP contribution in [0, 0.1) is 0 Å². The van der Waals surface area contributed by atoms with E-state index in [0.29, 0.717) is 13.2 Å². The number of esters is 1. The van der Waals surface area contributed by atoms with Gasteiger partial charge in [0.2, 0.25) is 0 Å². The number of methoxy groups -OCH3 is 1. The summed E-state index contributed by atoms with van der Waals surface area (Å²) in [4.78, 5) is 23.9. The molecule has 0 aliphatic heterocycles. The van der Waals surface area contributed by atoms with E-state index in [-0.39, 0.29) is 22.7 Å². The molecule has 0 unspecified atom stereocenters. The summed E-state index contributed by atoms with van der Waals surface area (Å²) in [6.45, 7) is 4.60. The molecule has 30 heavy (non-hydrogen) atoms. The van der Waals surface area contributed by atoms with Crippen LogP contribution < -0.4 is 10.1 Å². The molecular formula is C23H37NO6. The molecule has 0 radical (unpaired) electrons. The number of phenolic OH excluding ortho intramolecular Hbond substituents is 1. The predicted octanol–water partition coefficient (Wildman–Crippen LogP) is 6.05. The topological polar surface area (TPSA) is 94.1 Å². The van der Waals surface area contributed by atoms with Crippen molar-refractivity contribution < 1.29 is 28.9 Å². The second kappa shape index (κ2) is 15.4. The summed E-state index contributed by atoms with van der Waals surface area (Å²) in [6.07, 6.45) is 11.5. The van der Waals surface area contributed by atoms with Gasteiger partial charge >= 0.3 is 12.1 Å². The Bertz CT molecular complexity index is 647. The van der Waals surface area contributed by atoms with Crippen LogP contribution >= 0.6 is 0 Å². The molecule has 0 atom stereocenters. The van der Waals surface area contributed by atoms with Crippen molar-refractivity contribution in [2.75, 3.05) is 25.6 Å². The first-order chi connectivity index (χ1) is 14.5. The van der Waals surface area contributed by atoms with Gasteiger partial charge in [-0.15, -0.1) is 0 Å². The molecule has 0 aromatic heterocycles. The number of carbonyl (C=O) groups excluding carboxylic acids is 2. The Kier molecular flexibility index (Phi) is 13.1. The summed E-state index contributed by atoms with van der Waals surface area (Å²) >= 11 is 0. The largest absolute Gasteiger partial charge is 0.504 e. The maximum atomic E-state index is 12.0. The number of phenols is 1. The highest BCUT2D eigenvalue weighted by Crippen LogP contribution is 2.34. The number of anilines is 1. The number of nitrogens with one attached hydrogen (secondary N) is 1. The van der Waals surface area contributed by atoms with E-state index in [9.17, 15) is 14.7 Å². The van der Waals surface area contributed by atoms with E-state index in [0.717, 1.165) is 19.3 Å². The van der Waals surface area contributed by atoms with Crippen LogP contribution in [-0.4, -0.2) is 37.5 Å². The average molecular weight is 424 g/mol. The minimum absolute atomic E-state index is 0.0883. The van der Waals surface area contributed by atoms with Crippen LogP contribution in [-0.2, 0) is 9.47 Å². The van der Waals surface area contributed by atoms with Gasteiger partial charge in [0.1, 0.15) is 5.56 Å². The zero-order valence-corrected chi connectivity index (χ0v) is 18.6. The quantitative estimate of drug-likeness (QED) is 0.203. The highest BCUT2D eigenvalue weighted by atomic mass is 16.5. The highest BCUT2D eigenvalue weighted by Gasteiger charge is 2.19. The van der Waals surface area contributed by atoms with Crippen LogP contribution in [0.1, 0.15) is 88.4 Å². The normalized spacial score (nSPS) is 10.5. The van der Waals surface area contributed by atoms with Crippen molar-refractivity contribution in [2.45, 2.75) is 78.1 Å². The molecule has 7 heteroatoms. The van der Waals surface area contributed by atoms with Gasteiger partial charge in [0.15, 0.2) is 11.5 Å². The maximum Gasteiger partial charge on any atom is 0.411 e. The number of amides is 1. The molecule has 2 N–H and O–H groups in total. The van der Waals surface area contributed by atoms with Gasteiger partial charge in [-0.2, -0.15) is 0 Å². The molecule has 0 saturated heterocycles. The number of unbranched alkanes of at least 4 members (excludes halogenated alkanes) is 9. The first-order valence-corrected chi connectivity index (χ1v) is 11.0. The molecule has 1 aromatic rings. The average Bonchev–Trinajstić information content (AvgIpc) is 2.73. The number of hydrogen-bond donors (Lipinski definition) is 2. The fourth-order valence-electron chi connectivity index (χ4n) is 3.12. The Balaban J connectivity index is 2.34. The predicted molar refractivity (Wildman–Crippen MR) is 117 cm³/mol. The molecular weight excluding hydrogens is 386 g/mol. The van der Waals surface area contributed by atoms with Crippen molar-refractivity contribution in [3.63, 3.8) is 0 Å². The molecule has 170 valence electrons. The molecule has 0 fully saturated rings. The zero-order valence-electron chi connectivity index (χ0n) is 18.6. The van der Waals surface area contributed by atoms with E-state index < -0.39 is 12.1 Å². The fourth-order valence-corrected chi connectivity index (χ4v) is 3.12. The summed E-state index contributed by atoms with van der Waals surface area (Å²) < 4.78 is 15.2. The Morgan fingerprint density at radius 3 is 2.10 bits per heavy atom. The third kappa shape index (κ3) is 9.85. The van der Waals surface area contributed by atoms with Gasteiger partial charge in [-0.1, -0.05) is 64.7 Å². The van der Waals surface area contributed by atoms with Crippen LogP contribution in [0.25, 0.3) is 0 Å². The summed E-state index contributed by atoms with van der Waals surface area (Å²) in [5, 5.41) is 12.7.